The van der Waals surface area contributed by atoms with E-state index in [0.29, 0.717) is 6.67 Å². The van der Waals surface area contributed by atoms with E-state index in [4.69, 9.17) is 5.11 Å². The standard InChI is InChI=1S/C8H18N2OS/c1-7(11)8(2)12-6-9-5-10(3)4/h6-8,11H,5H2,1-4H3/b9-6-/t7-,8?/m0/s1. The number of hydrogen-bond acceptors (Lipinski definition) is 4. The number of thioether (sulfide) groups is 1. The molecule has 0 amide bonds. The Kier molecular flexibility index (Phi) is 6.42. The molecule has 2 atom stereocenters. The number of aliphatic hydroxyl groups excluding tert-OH is 1. The summed E-state index contributed by atoms with van der Waals surface area (Å²) < 4.78 is 0. The Labute approximate surface area is 78.9 Å². The Bertz CT molecular complexity index is 137. The van der Waals surface area contributed by atoms with E-state index in [-0.39, 0.29) is 11.4 Å². The highest BCUT2D eigenvalue weighted by Gasteiger charge is 2.06. The Balaban J connectivity index is 3.46. The van der Waals surface area contributed by atoms with Gasteiger partial charge in [-0.2, -0.15) is 0 Å². The molecule has 0 aliphatic carbocycles. The van der Waals surface area contributed by atoms with Crippen molar-refractivity contribution in [1.82, 2.24) is 4.90 Å². The molecule has 0 saturated carbocycles. The van der Waals surface area contributed by atoms with Crippen LogP contribution in [0, 0.1) is 0 Å². The third kappa shape index (κ3) is 6.64. The summed E-state index contributed by atoms with van der Waals surface area (Å²) in [5.41, 5.74) is 1.80. The number of hydrogen-bond donors (Lipinski definition) is 1. The molecule has 0 aliphatic heterocycles. The monoisotopic (exact) mass is 190 g/mol. The summed E-state index contributed by atoms with van der Waals surface area (Å²) in [4.78, 5) is 6.14. The predicted molar refractivity (Wildman–Crippen MR) is 55.8 cm³/mol. The number of aliphatic hydroxyl groups is 1. The van der Waals surface area contributed by atoms with Gasteiger partial charge in [-0.3, -0.25) is 9.89 Å². The Morgan fingerprint density at radius 3 is 2.50 bits per heavy atom. The van der Waals surface area contributed by atoms with Crippen LogP contribution < -0.4 is 0 Å². The maximum absolute atomic E-state index is 9.14. The molecule has 72 valence electrons. The summed E-state index contributed by atoms with van der Waals surface area (Å²) >= 11 is 1.56. The Morgan fingerprint density at radius 1 is 1.50 bits per heavy atom. The Morgan fingerprint density at radius 2 is 2.08 bits per heavy atom. The number of rotatable bonds is 5. The summed E-state index contributed by atoms with van der Waals surface area (Å²) in [6, 6.07) is 0. The summed E-state index contributed by atoms with van der Waals surface area (Å²) in [5.74, 6) is 0. The van der Waals surface area contributed by atoms with Gasteiger partial charge in [0, 0.05) is 5.25 Å². The van der Waals surface area contributed by atoms with Gasteiger partial charge in [-0.05, 0) is 21.0 Å². The minimum absolute atomic E-state index is 0.218. The van der Waals surface area contributed by atoms with Gasteiger partial charge in [0.05, 0.1) is 18.3 Å². The van der Waals surface area contributed by atoms with E-state index in [2.05, 4.69) is 4.99 Å². The Hall–Kier alpha value is -0.0600. The first-order valence-corrected chi connectivity index (χ1v) is 4.95. The van der Waals surface area contributed by atoms with Gasteiger partial charge in [0.2, 0.25) is 0 Å². The molecule has 12 heavy (non-hydrogen) atoms. The van der Waals surface area contributed by atoms with Crippen LogP contribution in [0.15, 0.2) is 4.99 Å². The minimum atomic E-state index is -0.277. The van der Waals surface area contributed by atoms with E-state index < -0.39 is 0 Å². The first-order valence-electron chi connectivity index (χ1n) is 4.00. The zero-order valence-corrected chi connectivity index (χ0v) is 9.01. The molecule has 0 saturated heterocycles. The van der Waals surface area contributed by atoms with Crippen LogP contribution in [-0.4, -0.2) is 47.7 Å². The highest BCUT2D eigenvalue weighted by atomic mass is 32.2. The number of aliphatic imine (C=N–C) groups is 1. The highest BCUT2D eigenvalue weighted by molar-refractivity contribution is 8.12. The molecule has 4 heteroatoms. The van der Waals surface area contributed by atoms with E-state index in [9.17, 15) is 0 Å². The SMILES string of the molecule is CC(S/C=N\CN(C)C)[C@H](C)O. The van der Waals surface area contributed by atoms with Gasteiger partial charge in [0.1, 0.15) is 0 Å². The third-order valence-electron chi connectivity index (χ3n) is 1.39. The molecule has 0 heterocycles. The smallest absolute Gasteiger partial charge is 0.0910 e. The lowest BCUT2D eigenvalue weighted by molar-refractivity contribution is 0.196. The molecular weight excluding hydrogens is 172 g/mol. The second kappa shape index (κ2) is 6.46. The van der Waals surface area contributed by atoms with E-state index in [1.807, 2.05) is 25.9 Å². The quantitative estimate of drug-likeness (QED) is 0.520. The predicted octanol–water partition coefficient (Wildman–Crippen LogP) is 1.04. The van der Waals surface area contributed by atoms with E-state index >= 15 is 0 Å². The fourth-order valence-electron chi connectivity index (χ4n) is 0.449. The average Bonchev–Trinajstić information content (AvgIpc) is 1.97. The second-order valence-electron chi connectivity index (χ2n) is 3.09. The summed E-state index contributed by atoms with van der Waals surface area (Å²) in [5, 5.41) is 9.35. The molecule has 1 N–H and O–H groups in total. The van der Waals surface area contributed by atoms with Gasteiger partial charge in [0.15, 0.2) is 0 Å². The maximum Gasteiger partial charge on any atom is 0.0910 e. The van der Waals surface area contributed by atoms with Crippen LogP contribution in [0.4, 0.5) is 0 Å². The molecule has 0 bridgehead atoms. The summed E-state index contributed by atoms with van der Waals surface area (Å²) in [6.07, 6.45) is -0.277. The van der Waals surface area contributed by atoms with Crippen LogP contribution in [0.2, 0.25) is 0 Å². The lowest BCUT2D eigenvalue weighted by atomic mass is 10.3. The molecule has 3 nitrogen and oxygen atoms in total. The van der Waals surface area contributed by atoms with Crippen molar-refractivity contribution in [2.75, 3.05) is 20.8 Å². The van der Waals surface area contributed by atoms with Crippen molar-refractivity contribution in [3.63, 3.8) is 0 Å². The fraction of sp³-hybridized carbons (Fsp3) is 0.875. The molecule has 0 aliphatic rings. The van der Waals surface area contributed by atoms with Crippen LogP contribution in [0.3, 0.4) is 0 Å². The van der Waals surface area contributed by atoms with Crippen molar-refractivity contribution in [2.24, 2.45) is 4.99 Å². The van der Waals surface area contributed by atoms with E-state index in [1.54, 1.807) is 24.2 Å². The largest absolute Gasteiger partial charge is 0.392 e. The highest BCUT2D eigenvalue weighted by Crippen LogP contribution is 2.10. The first-order chi connectivity index (χ1) is 5.54. The van der Waals surface area contributed by atoms with Crippen molar-refractivity contribution in [3.05, 3.63) is 0 Å². The average molecular weight is 190 g/mol. The molecule has 0 aromatic carbocycles. The molecule has 1 unspecified atom stereocenters. The molecule has 0 aromatic heterocycles. The van der Waals surface area contributed by atoms with Gasteiger partial charge >= 0.3 is 0 Å². The van der Waals surface area contributed by atoms with E-state index in [1.165, 1.54) is 0 Å². The fourth-order valence-corrected chi connectivity index (χ4v) is 1.02. The summed E-state index contributed by atoms with van der Waals surface area (Å²) in [6.45, 7) is 4.48. The van der Waals surface area contributed by atoms with Crippen molar-refractivity contribution in [3.8, 4) is 0 Å². The lowest BCUT2D eigenvalue weighted by Gasteiger charge is -2.10. The number of nitrogens with zero attached hydrogens (tertiary/aromatic N) is 2. The molecule has 0 rings (SSSR count). The van der Waals surface area contributed by atoms with Crippen LogP contribution in [-0.2, 0) is 0 Å². The van der Waals surface area contributed by atoms with Gasteiger partial charge in [0.25, 0.3) is 0 Å². The zero-order chi connectivity index (χ0) is 9.56. The lowest BCUT2D eigenvalue weighted by Crippen LogP contribution is -2.15. The van der Waals surface area contributed by atoms with Crippen LogP contribution in [0.1, 0.15) is 13.8 Å². The van der Waals surface area contributed by atoms with Gasteiger partial charge in [-0.25, -0.2) is 0 Å². The van der Waals surface area contributed by atoms with Crippen molar-refractivity contribution >= 4 is 17.3 Å². The van der Waals surface area contributed by atoms with Crippen LogP contribution in [0.5, 0.6) is 0 Å². The minimum Gasteiger partial charge on any atom is -0.392 e. The van der Waals surface area contributed by atoms with Crippen molar-refractivity contribution in [1.29, 1.82) is 0 Å². The third-order valence-corrected chi connectivity index (χ3v) is 2.49. The van der Waals surface area contributed by atoms with E-state index in [0.717, 1.165) is 0 Å². The molecule has 0 aromatic rings. The molecule has 0 radical (unpaired) electrons. The van der Waals surface area contributed by atoms with Gasteiger partial charge in [-0.1, -0.05) is 6.92 Å². The van der Waals surface area contributed by atoms with Crippen LogP contribution in [0.25, 0.3) is 0 Å². The van der Waals surface area contributed by atoms with Gasteiger partial charge < -0.3 is 5.11 Å². The normalized spacial score (nSPS) is 17.2. The zero-order valence-electron chi connectivity index (χ0n) is 8.19. The first kappa shape index (κ1) is 11.9. The maximum atomic E-state index is 9.14. The molecule has 0 fully saturated rings. The molecule has 0 spiro atoms. The van der Waals surface area contributed by atoms with Crippen molar-refractivity contribution < 1.29 is 5.11 Å². The summed E-state index contributed by atoms with van der Waals surface area (Å²) in [7, 11) is 3.94. The second-order valence-corrected chi connectivity index (χ2v) is 4.32. The van der Waals surface area contributed by atoms with Crippen molar-refractivity contribution in [2.45, 2.75) is 25.2 Å². The topological polar surface area (TPSA) is 35.8 Å². The van der Waals surface area contributed by atoms with Crippen LogP contribution >= 0.6 is 11.8 Å². The molecular formula is C8H18N2OS. The van der Waals surface area contributed by atoms with Gasteiger partial charge in [-0.15, -0.1) is 11.8 Å².